The molecule has 16 heavy (non-hydrogen) atoms. The summed E-state index contributed by atoms with van der Waals surface area (Å²) >= 11 is 3.39. The molecule has 0 saturated carbocycles. The van der Waals surface area contributed by atoms with Gasteiger partial charge in [0.15, 0.2) is 5.92 Å². The maximum atomic E-state index is 11.7. The standard InChI is InChI=1S/C10H19NO4S/c1-6(11)5-7(9(13)15-16)8(12)14-10(2,3)4/h6-7,16H,5,11H2,1-4H3. The summed E-state index contributed by atoms with van der Waals surface area (Å²) < 4.78 is 9.34. The van der Waals surface area contributed by atoms with Crippen LogP contribution in [0.2, 0.25) is 0 Å². The molecule has 0 amide bonds. The Bertz CT molecular complexity index is 260. The van der Waals surface area contributed by atoms with Crippen molar-refractivity contribution >= 4 is 24.8 Å². The van der Waals surface area contributed by atoms with E-state index in [0.29, 0.717) is 0 Å². The van der Waals surface area contributed by atoms with E-state index >= 15 is 0 Å². The Morgan fingerprint density at radius 3 is 2.12 bits per heavy atom. The first kappa shape index (κ1) is 15.2. The van der Waals surface area contributed by atoms with E-state index in [1.165, 1.54) is 0 Å². The Balaban J connectivity index is 4.63. The Labute approximate surface area is 101 Å². The van der Waals surface area contributed by atoms with Gasteiger partial charge in [0.05, 0.1) is 0 Å². The van der Waals surface area contributed by atoms with Crippen molar-refractivity contribution in [2.45, 2.75) is 45.8 Å². The summed E-state index contributed by atoms with van der Waals surface area (Å²) in [5.74, 6) is -2.39. The van der Waals surface area contributed by atoms with Crippen LogP contribution < -0.4 is 5.73 Å². The molecule has 0 aromatic heterocycles. The summed E-state index contributed by atoms with van der Waals surface area (Å²) in [6.45, 7) is 6.86. The zero-order chi connectivity index (χ0) is 12.9. The third kappa shape index (κ3) is 5.97. The summed E-state index contributed by atoms with van der Waals surface area (Å²) in [6.07, 6.45) is 0.175. The molecule has 0 saturated heterocycles. The van der Waals surface area contributed by atoms with Crippen LogP contribution in [-0.4, -0.2) is 23.6 Å². The molecule has 2 atom stereocenters. The van der Waals surface area contributed by atoms with E-state index in [2.05, 4.69) is 17.1 Å². The van der Waals surface area contributed by atoms with E-state index in [4.69, 9.17) is 10.5 Å². The third-order valence-corrected chi connectivity index (χ3v) is 1.85. The topological polar surface area (TPSA) is 78.6 Å². The second kappa shape index (κ2) is 6.10. The lowest BCUT2D eigenvalue weighted by molar-refractivity contribution is -0.165. The quantitative estimate of drug-likeness (QED) is 0.337. The van der Waals surface area contributed by atoms with Gasteiger partial charge in [-0.3, -0.25) is 9.59 Å². The second-order valence-corrected chi connectivity index (χ2v) is 4.89. The number of hydrogen-bond donors (Lipinski definition) is 2. The molecular weight excluding hydrogens is 230 g/mol. The highest BCUT2D eigenvalue weighted by Crippen LogP contribution is 2.16. The number of thiol groups is 1. The minimum absolute atomic E-state index is 0.175. The Morgan fingerprint density at radius 2 is 1.81 bits per heavy atom. The Kier molecular flexibility index (Phi) is 5.81. The van der Waals surface area contributed by atoms with Gasteiger partial charge in [0.2, 0.25) is 0 Å². The number of esters is 1. The Morgan fingerprint density at radius 1 is 1.31 bits per heavy atom. The summed E-state index contributed by atoms with van der Waals surface area (Å²) in [5, 5.41) is 0. The molecule has 0 radical (unpaired) electrons. The first-order valence-electron chi connectivity index (χ1n) is 5.01. The summed E-state index contributed by atoms with van der Waals surface area (Å²) in [7, 11) is 0. The summed E-state index contributed by atoms with van der Waals surface area (Å²) in [5.41, 5.74) is 4.90. The first-order chi connectivity index (χ1) is 7.17. The monoisotopic (exact) mass is 249 g/mol. The minimum atomic E-state index is -1.02. The fourth-order valence-corrected chi connectivity index (χ4v) is 1.22. The molecule has 5 nitrogen and oxygen atoms in total. The molecule has 0 aliphatic rings. The van der Waals surface area contributed by atoms with Crippen molar-refractivity contribution in [3.63, 3.8) is 0 Å². The van der Waals surface area contributed by atoms with Crippen molar-refractivity contribution in [1.29, 1.82) is 0 Å². The molecule has 0 fully saturated rings. The molecular formula is C10H19NO4S. The van der Waals surface area contributed by atoms with Gasteiger partial charge in [-0.25, -0.2) is 0 Å². The van der Waals surface area contributed by atoms with Gasteiger partial charge in [-0.2, -0.15) is 0 Å². The van der Waals surface area contributed by atoms with Gasteiger partial charge >= 0.3 is 11.9 Å². The van der Waals surface area contributed by atoms with E-state index < -0.39 is 23.5 Å². The van der Waals surface area contributed by atoms with Crippen LogP contribution >= 0.6 is 12.9 Å². The molecule has 6 heteroatoms. The fraction of sp³-hybridized carbons (Fsp3) is 0.800. The van der Waals surface area contributed by atoms with Crippen molar-refractivity contribution < 1.29 is 18.5 Å². The van der Waals surface area contributed by atoms with Crippen LogP contribution in [0.1, 0.15) is 34.1 Å². The zero-order valence-electron chi connectivity index (χ0n) is 10.0. The number of carbonyl (C=O) groups is 2. The van der Waals surface area contributed by atoms with Gasteiger partial charge in [-0.05, 0) is 34.1 Å². The van der Waals surface area contributed by atoms with E-state index in [1.54, 1.807) is 27.7 Å². The molecule has 94 valence electrons. The first-order valence-corrected chi connectivity index (χ1v) is 5.37. The number of hydrogen-bond acceptors (Lipinski definition) is 6. The zero-order valence-corrected chi connectivity index (χ0v) is 10.9. The average Bonchev–Trinajstić information content (AvgIpc) is 2.09. The fourth-order valence-electron chi connectivity index (χ4n) is 1.10. The van der Waals surface area contributed by atoms with Crippen LogP contribution in [0, 0.1) is 5.92 Å². The highest BCUT2D eigenvalue weighted by Gasteiger charge is 2.33. The molecule has 0 spiro atoms. The van der Waals surface area contributed by atoms with Crippen LogP contribution in [0.25, 0.3) is 0 Å². The van der Waals surface area contributed by atoms with Crippen molar-refractivity contribution in [2.24, 2.45) is 11.7 Å². The van der Waals surface area contributed by atoms with Crippen LogP contribution in [0.4, 0.5) is 0 Å². The smallest absolute Gasteiger partial charge is 0.332 e. The maximum absolute atomic E-state index is 11.7. The molecule has 0 aliphatic carbocycles. The van der Waals surface area contributed by atoms with Crippen molar-refractivity contribution in [3.05, 3.63) is 0 Å². The highest BCUT2D eigenvalue weighted by atomic mass is 32.1. The van der Waals surface area contributed by atoms with E-state index in [-0.39, 0.29) is 12.5 Å². The summed E-state index contributed by atoms with van der Waals surface area (Å²) in [6, 6.07) is -0.301. The largest absolute Gasteiger partial charge is 0.459 e. The molecule has 2 unspecified atom stereocenters. The predicted molar refractivity (Wildman–Crippen MR) is 62.7 cm³/mol. The van der Waals surface area contributed by atoms with Gasteiger partial charge < -0.3 is 14.7 Å². The number of ether oxygens (including phenoxy) is 1. The number of carbonyl (C=O) groups excluding carboxylic acids is 2. The van der Waals surface area contributed by atoms with Crippen LogP contribution in [0.3, 0.4) is 0 Å². The maximum Gasteiger partial charge on any atom is 0.332 e. The van der Waals surface area contributed by atoms with Crippen molar-refractivity contribution in [1.82, 2.24) is 0 Å². The molecule has 2 N–H and O–H groups in total. The van der Waals surface area contributed by atoms with E-state index in [0.717, 1.165) is 0 Å². The van der Waals surface area contributed by atoms with E-state index in [1.807, 2.05) is 0 Å². The SMILES string of the molecule is CC(N)CC(C(=O)OS)C(=O)OC(C)(C)C. The molecule has 0 rings (SSSR count). The average molecular weight is 249 g/mol. The molecule has 0 aromatic rings. The molecule has 0 aromatic carbocycles. The molecule has 0 heterocycles. The van der Waals surface area contributed by atoms with Gasteiger partial charge in [0.25, 0.3) is 0 Å². The van der Waals surface area contributed by atoms with Crippen molar-refractivity contribution in [3.8, 4) is 0 Å². The third-order valence-electron chi connectivity index (χ3n) is 1.67. The molecule has 0 bridgehead atoms. The van der Waals surface area contributed by atoms with Gasteiger partial charge in [-0.1, -0.05) is 0 Å². The number of rotatable bonds is 4. The number of nitrogens with two attached hydrogens (primary N) is 1. The molecule has 0 aliphatic heterocycles. The summed E-state index contributed by atoms with van der Waals surface area (Å²) in [4.78, 5) is 23.0. The van der Waals surface area contributed by atoms with Gasteiger partial charge in [0.1, 0.15) is 5.60 Å². The lowest BCUT2D eigenvalue weighted by atomic mass is 10.0. The highest BCUT2D eigenvalue weighted by molar-refractivity contribution is 7.75. The van der Waals surface area contributed by atoms with Crippen LogP contribution in [-0.2, 0) is 18.5 Å². The predicted octanol–water partition coefficient (Wildman–Crippen LogP) is 1.07. The van der Waals surface area contributed by atoms with Crippen LogP contribution in [0.15, 0.2) is 0 Å². The lowest BCUT2D eigenvalue weighted by Crippen LogP contribution is -2.36. The van der Waals surface area contributed by atoms with Crippen molar-refractivity contribution in [2.75, 3.05) is 0 Å². The normalized spacial score (nSPS) is 15.1. The van der Waals surface area contributed by atoms with Gasteiger partial charge in [-0.15, -0.1) is 0 Å². The Hall–Kier alpha value is -0.750. The second-order valence-electron chi connectivity index (χ2n) is 4.71. The lowest BCUT2D eigenvalue weighted by Gasteiger charge is -2.23. The van der Waals surface area contributed by atoms with Gasteiger partial charge in [0, 0.05) is 19.0 Å². The van der Waals surface area contributed by atoms with Crippen LogP contribution in [0.5, 0.6) is 0 Å². The minimum Gasteiger partial charge on any atom is -0.459 e. The van der Waals surface area contributed by atoms with E-state index in [9.17, 15) is 9.59 Å².